The number of nitrogens with one attached hydrogen (secondary N) is 1. The first kappa shape index (κ1) is 15.7. The number of hydrogen-bond donors (Lipinski definition) is 1. The minimum absolute atomic E-state index is 0.0640. The zero-order chi connectivity index (χ0) is 15.4. The van der Waals surface area contributed by atoms with E-state index in [9.17, 15) is 14.9 Å². The van der Waals surface area contributed by atoms with Crippen molar-refractivity contribution in [2.75, 3.05) is 0 Å². The number of rotatable bonds is 6. The summed E-state index contributed by atoms with van der Waals surface area (Å²) in [5.74, 6) is -0.308. The molecular weight excluding hydrogens is 358 g/mol. The third-order valence-electron chi connectivity index (χ3n) is 2.89. The standard InChI is InChI=1S/C13H14BrN3O3S/c1-2-4-16-8-9(17(19)20)6-11(16)13(18)15-7-12-10(14)3-5-21-12/h3,5-6,8H,2,4,7H2,1H3,(H,15,18). The fourth-order valence-electron chi connectivity index (χ4n) is 1.91. The molecule has 21 heavy (non-hydrogen) atoms. The number of aryl methyl sites for hydroxylation is 1. The molecule has 0 fully saturated rings. The first-order valence-corrected chi connectivity index (χ1v) is 8.04. The average Bonchev–Trinajstić information content (AvgIpc) is 3.03. The summed E-state index contributed by atoms with van der Waals surface area (Å²) < 4.78 is 2.57. The number of nitro groups is 1. The van der Waals surface area contributed by atoms with Gasteiger partial charge in [-0.2, -0.15) is 0 Å². The molecule has 0 unspecified atom stereocenters. The summed E-state index contributed by atoms with van der Waals surface area (Å²) in [4.78, 5) is 23.6. The van der Waals surface area contributed by atoms with Crippen LogP contribution in [0, 0.1) is 10.1 Å². The summed E-state index contributed by atoms with van der Waals surface area (Å²) in [6.07, 6.45) is 2.20. The molecule has 0 radical (unpaired) electrons. The van der Waals surface area contributed by atoms with Gasteiger partial charge >= 0.3 is 0 Å². The van der Waals surface area contributed by atoms with Crippen molar-refractivity contribution in [3.63, 3.8) is 0 Å². The molecule has 2 rings (SSSR count). The minimum Gasteiger partial charge on any atom is -0.346 e. The van der Waals surface area contributed by atoms with Gasteiger partial charge in [0.05, 0.1) is 17.7 Å². The number of aromatic nitrogens is 1. The SMILES string of the molecule is CCCn1cc([N+](=O)[O-])cc1C(=O)NCc1sccc1Br. The second-order valence-corrected chi connectivity index (χ2v) is 6.26. The van der Waals surface area contributed by atoms with Gasteiger partial charge in [0.25, 0.3) is 11.6 Å². The Morgan fingerprint density at radius 1 is 1.57 bits per heavy atom. The van der Waals surface area contributed by atoms with Crippen LogP contribution in [0.5, 0.6) is 0 Å². The first-order chi connectivity index (χ1) is 10.0. The van der Waals surface area contributed by atoms with Crippen LogP contribution in [0.2, 0.25) is 0 Å². The van der Waals surface area contributed by atoms with Gasteiger partial charge in [-0.15, -0.1) is 11.3 Å². The van der Waals surface area contributed by atoms with Gasteiger partial charge in [0.1, 0.15) is 5.69 Å². The lowest BCUT2D eigenvalue weighted by Gasteiger charge is -2.07. The molecule has 0 bridgehead atoms. The van der Waals surface area contributed by atoms with E-state index in [0.29, 0.717) is 18.8 Å². The summed E-state index contributed by atoms with van der Waals surface area (Å²) in [5, 5.41) is 15.6. The zero-order valence-corrected chi connectivity index (χ0v) is 13.7. The second kappa shape index (κ2) is 6.86. The molecule has 6 nitrogen and oxygen atoms in total. The maximum Gasteiger partial charge on any atom is 0.287 e. The summed E-state index contributed by atoms with van der Waals surface area (Å²) in [7, 11) is 0. The van der Waals surface area contributed by atoms with E-state index < -0.39 is 4.92 Å². The van der Waals surface area contributed by atoms with E-state index in [2.05, 4.69) is 21.2 Å². The quantitative estimate of drug-likeness (QED) is 0.622. The van der Waals surface area contributed by atoms with Gasteiger partial charge in [-0.1, -0.05) is 6.92 Å². The number of amides is 1. The van der Waals surface area contributed by atoms with E-state index in [4.69, 9.17) is 0 Å². The lowest BCUT2D eigenvalue weighted by atomic mass is 10.3. The number of thiophene rings is 1. The molecule has 0 aliphatic rings. The Hall–Kier alpha value is -1.67. The van der Waals surface area contributed by atoms with Gasteiger partial charge in [-0.25, -0.2) is 0 Å². The van der Waals surface area contributed by atoms with Crippen molar-refractivity contribution in [1.29, 1.82) is 0 Å². The molecule has 0 aromatic carbocycles. The first-order valence-electron chi connectivity index (χ1n) is 6.37. The molecule has 112 valence electrons. The molecule has 0 atom stereocenters. The number of carbonyl (C=O) groups is 1. The molecule has 0 saturated carbocycles. The Balaban J connectivity index is 2.14. The van der Waals surface area contributed by atoms with Crippen LogP contribution in [-0.2, 0) is 13.1 Å². The third kappa shape index (κ3) is 3.70. The van der Waals surface area contributed by atoms with Crippen LogP contribution in [0.25, 0.3) is 0 Å². The van der Waals surface area contributed by atoms with Crippen molar-refractivity contribution >= 4 is 38.9 Å². The van der Waals surface area contributed by atoms with E-state index in [-0.39, 0.29) is 11.6 Å². The van der Waals surface area contributed by atoms with E-state index in [1.165, 1.54) is 23.6 Å². The zero-order valence-electron chi connectivity index (χ0n) is 11.3. The normalized spacial score (nSPS) is 10.6. The summed E-state index contributed by atoms with van der Waals surface area (Å²) in [6, 6.07) is 3.23. The van der Waals surface area contributed by atoms with Crippen LogP contribution in [0.1, 0.15) is 28.7 Å². The highest BCUT2D eigenvalue weighted by atomic mass is 79.9. The smallest absolute Gasteiger partial charge is 0.287 e. The number of halogens is 1. The Kier molecular flexibility index (Phi) is 5.13. The number of hydrogen-bond acceptors (Lipinski definition) is 4. The van der Waals surface area contributed by atoms with E-state index in [1.807, 2.05) is 18.4 Å². The van der Waals surface area contributed by atoms with Crippen molar-refractivity contribution in [2.45, 2.75) is 26.4 Å². The predicted molar refractivity (Wildman–Crippen MR) is 84.6 cm³/mol. The van der Waals surface area contributed by atoms with E-state index >= 15 is 0 Å². The molecular formula is C13H14BrN3O3S. The molecule has 2 aromatic rings. The molecule has 0 aliphatic heterocycles. The fourth-order valence-corrected chi connectivity index (χ4v) is 3.35. The average molecular weight is 372 g/mol. The molecule has 1 amide bonds. The van der Waals surface area contributed by atoms with Crippen LogP contribution >= 0.6 is 27.3 Å². The Bertz CT molecular complexity index is 665. The number of nitrogens with zero attached hydrogens (tertiary/aromatic N) is 2. The van der Waals surface area contributed by atoms with Crippen molar-refractivity contribution in [3.05, 3.63) is 48.9 Å². The van der Waals surface area contributed by atoms with Crippen molar-refractivity contribution in [3.8, 4) is 0 Å². The third-order valence-corrected chi connectivity index (χ3v) is 4.82. The highest BCUT2D eigenvalue weighted by Gasteiger charge is 2.19. The Morgan fingerprint density at radius 2 is 2.33 bits per heavy atom. The highest BCUT2D eigenvalue weighted by Crippen LogP contribution is 2.22. The maximum atomic E-state index is 12.2. The van der Waals surface area contributed by atoms with Crippen molar-refractivity contribution < 1.29 is 9.72 Å². The molecule has 0 saturated heterocycles. The van der Waals surface area contributed by atoms with Crippen LogP contribution in [-0.4, -0.2) is 15.4 Å². The van der Waals surface area contributed by atoms with Gasteiger partial charge in [0.2, 0.25) is 0 Å². The van der Waals surface area contributed by atoms with E-state index in [1.54, 1.807) is 4.57 Å². The van der Waals surface area contributed by atoms with Crippen LogP contribution in [0.15, 0.2) is 28.2 Å². The molecule has 0 spiro atoms. The van der Waals surface area contributed by atoms with E-state index in [0.717, 1.165) is 15.8 Å². The summed E-state index contributed by atoms with van der Waals surface area (Å²) >= 11 is 4.93. The largest absolute Gasteiger partial charge is 0.346 e. The lowest BCUT2D eigenvalue weighted by Crippen LogP contribution is -2.25. The molecule has 0 aliphatic carbocycles. The summed E-state index contributed by atoms with van der Waals surface area (Å²) in [5.41, 5.74) is 0.252. The molecule has 2 aromatic heterocycles. The van der Waals surface area contributed by atoms with Gasteiger partial charge in [-0.05, 0) is 33.8 Å². The van der Waals surface area contributed by atoms with Crippen LogP contribution < -0.4 is 5.32 Å². The monoisotopic (exact) mass is 371 g/mol. The molecule has 2 heterocycles. The van der Waals surface area contributed by atoms with Crippen LogP contribution in [0.3, 0.4) is 0 Å². The topological polar surface area (TPSA) is 77.2 Å². The van der Waals surface area contributed by atoms with Crippen molar-refractivity contribution in [1.82, 2.24) is 9.88 Å². The highest BCUT2D eigenvalue weighted by molar-refractivity contribution is 9.10. The number of carbonyl (C=O) groups excluding carboxylic acids is 1. The van der Waals surface area contributed by atoms with Gasteiger partial charge < -0.3 is 9.88 Å². The van der Waals surface area contributed by atoms with Crippen molar-refractivity contribution in [2.24, 2.45) is 0 Å². The van der Waals surface area contributed by atoms with Gasteiger partial charge in [0, 0.05) is 22.0 Å². The van der Waals surface area contributed by atoms with Crippen LogP contribution in [0.4, 0.5) is 5.69 Å². The maximum absolute atomic E-state index is 12.2. The fraction of sp³-hybridized carbons (Fsp3) is 0.308. The summed E-state index contributed by atoms with van der Waals surface area (Å²) in [6.45, 7) is 2.91. The Labute approximate surface area is 134 Å². The van der Waals surface area contributed by atoms with Gasteiger partial charge in [-0.3, -0.25) is 14.9 Å². The predicted octanol–water partition coefficient (Wildman–Crippen LogP) is 3.56. The lowest BCUT2D eigenvalue weighted by molar-refractivity contribution is -0.384. The molecule has 8 heteroatoms. The second-order valence-electron chi connectivity index (χ2n) is 4.41. The molecule has 1 N–H and O–H groups in total. The minimum atomic E-state index is -0.487. The Morgan fingerprint density at radius 3 is 2.90 bits per heavy atom. The van der Waals surface area contributed by atoms with Gasteiger partial charge in [0.15, 0.2) is 0 Å².